The van der Waals surface area contributed by atoms with Gasteiger partial charge in [-0.1, -0.05) is 12.1 Å². The lowest BCUT2D eigenvalue weighted by atomic mass is 10.1. The average Bonchev–Trinajstić information content (AvgIpc) is 2.44. The standard InChI is InChI=1S/C14H12N2O6/c15-6-10(5-9-1-3-11(17)4-2-9)14(22)16(7-12(18)19)8-13(20)21/h1-5,17H,7-8H2,(H,18,19)(H,20,21)/b10-5+. The van der Waals surface area contributed by atoms with Crippen LogP contribution in [0.3, 0.4) is 0 Å². The fourth-order valence-electron chi connectivity index (χ4n) is 1.58. The summed E-state index contributed by atoms with van der Waals surface area (Å²) in [6.45, 7) is -1.67. The van der Waals surface area contributed by atoms with Crippen LogP contribution < -0.4 is 0 Å². The van der Waals surface area contributed by atoms with Crippen LogP contribution in [0.2, 0.25) is 0 Å². The first-order valence-electron chi connectivity index (χ1n) is 5.97. The topological polar surface area (TPSA) is 139 Å². The van der Waals surface area contributed by atoms with Gasteiger partial charge in [-0.2, -0.15) is 5.26 Å². The molecule has 1 amide bonds. The fourth-order valence-corrected chi connectivity index (χ4v) is 1.58. The Balaban J connectivity index is 3.07. The van der Waals surface area contributed by atoms with Gasteiger partial charge in [-0.3, -0.25) is 14.4 Å². The fraction of sp³-hybridized carbons (Fsp3) is 0.143. The van der Waals surface area contributed by atoms with E-state index in [2.05, 4.69) is 0 Å². The van der Waals surface area contributed by atoms with E-state index >= 15 is 0 Å². The normalized spacial score (nSPS) is 10.6. The molecule has 1 aromatic rings. The summed E-state index contributed by atoms with van der Waals surface area (Å²) in [6.07, 6.45) is 1.18. The Morgan fingerprint density at radius 2 is 1.59 bits per heavy atom. The van der Waals surface area contributed by atoms with Gasteiger partial charge in [-0.05, 0) is 23.8 Å². The Labute approximate surface area is 125 Å². The number of phenolic OH excluding ortho intramolecular Hbond substituents is 1. The molecule has 3 N–H and O–H groups in total. The first-order chi connectivity index (χ1) is 10.3. The highest BCUT2D eigenvalue weighted by Gasteiger charge is 2.23. The van der Waals surface area contributed by atoms with Gasteiger partial charge in [0.15, 0.2) is 0 Å². The van der Waals surface area contributed by atoms with Crippen molar-refractivity contribution < 1.29 is 29.7 Å². The van der Waals surface area contributed by atoms with Crippen LogP contribution in [0.4, 0.5) is 0 Å². The largest absolute Gasteiger partial charge is 0.508 e. The Hall–Kier alpha value is -3.34. The number of nitrogens with zero attached hydrogens (tertiary/aromatic N) is 2. The second kappa shape index (κ2) is 7.44. The SMILES string of the molecule is N#C/C(=C\c1ccc(O)cc1)C(=O)N(CC(=O)O)CC(=O)O. The average molecular weight is 304 g/mol. The lowest BCUT2D eigenvalue weighted by Gasteiger charge is -2.17. The number of hydrogen-bond donors (Lipinski definition) is 3. The van der Waals surface area contributed by atoms with Crippen LogP contribution in [-0.4, -0.2) is 51.2 Å². The second-order valence-electron chi connectivity index (χ2n) is 4.21. The van der Waals surface area contributed by atoms with E-state index in [9.17, 15) is 14.4 Å². The van der Waals surface area contributed by atoms with E-state index in [1.165, 1.54) is 30.3 Å². The van der Waals surface area contributed by atoms with Crippen molar-refractivity contribution in [2.75, 3.05) is 13.1 Å². The number of aromatic hydroxyl groups is 1. The van der Waals surface area contributed by atoms with Crippen LogP contribution in [0, 0.1) is 11.3 Å². The molecule has 0 spiro atoms. The Morgan fingerprint density at radius 3 is 2.00 bits per heavy atom. The maximum Gasteiger partial charge on any atom is 0.323 e. The second-order valence-corrected chi connectivity index (χ2v) is 4.21. The summed E-state index contributed by atoms with van der Waals surface area (Å²) in [6, 6.07) is 7.19. The highest BCUT2D eigenvalue weighted by Crippen LogP contribution is 2.14. The van der Waals surface area contributed by atoms with Crippen molar-refractivity contribution in [3.8, 4) is 11.8 Å². The van der Waals surface area contributed by atoms with Crippen molar-refractivity contribution >= 4 is 23.9 Å². The monoisotopic (exact) mass is 304 g/mol. The zero-order chi connectivity index (χ0) is 16.7. The van der Waals surface area contributed by atoms with Gasteiger partial charge in [0, 0.05) is 0 Å². The van der Waals surface area contributed by atoms with Gasteiger partial charge in [0.05, 0.1) is 0 Å². The third kappa shape index (κ3) is 4.97. The number of carbonyl (C=O) groups is 3. The first-order valence-corrected chi connectivity index (χ1v) is 5.97. The molecule has 0 fully saturated rings. The smallest absolute Gasteiger partial charge is 0.323 e. The van der Waals surface area contributed by atoms with E-state index in [4.69, 9.17) is 20.6 Å². The van der Waals surface area contributed by atoms with Gasteiger partial charge in [0.25, 0.3) is 5.91 Å². The molecular weight excluding hydrogens is 292 g/mol. The Bertz CT molecular complexity index is 641. The molecule has 1 aromatic carbocycles. The number of carboxylic acids is 2. The lowest BCUT2D eigenvalue weighted by molar-refractivity contribution is -0.147. The minimum atomic E-state index is -1.39. The lowest BCUT2D eigenvalue weighted by Crippen LogP contribution is -2.39. The first kappa shape index (κ1) is 16.7. The van der Waals surface area contributed by atoms with Crippen LogP contribution in [-0.2, 0) is 14.4 Å². The Kier molecular flexibility index (Phi) is 5.66. The van der Waals surface area contributed by atoms with E-state index in [0.29, 0.717) is 10.5 Å². The quantitative estimate of drug-likeness (QED) is 0.507. The van der Waals surface area contributed by atoms with Crippen LogP contribution in [0.25, 0.3) is 6.08 Å². The predicted molar refractivity (Wildman–Crippen MR) is 73.5 cm³/mol. The molecule has 114 valence electrons. The number of aliphatic carboxylic acids is 2. The van der Waals surface area contributed by atoms with Crippen molar-refractivity contribution in [3.63, 3.8) is 0 Å². The molecule has 8 heteroatoms. The van der Waals surface area contributed by atoms with E-state index in [-0.39, 0.29) is 5.75 Å². The van der Waals surface area contributed by atoms with E-state index in [1.54, 1.807) is 6.07 Å². The zero-order valence-electron chi connectivity index (χ0n) is 11.3. The van der Waals surface area contributed by atoms with Gasteiger partial charge in [0.2, 0.25) is 0 Å². The number of hydrogen-bond acceptors (Lipinski definition) is 5. The van der Waals surface area contributed by atoms with E-state index < -0.39 is 36.5 Å². The van der Waals surface area contributed by atoms with Crippen molar-refractivity contribution in [1.29, 1.82) is 5.26 Å². The third-order valence-electron chi connectivity index (χ3n) is 2.49. The summed E-state index contributed by atoms with van der Waals surface area (Å²) >= 11 is 0. The molecule has 1 rings (SSSR count). The van der Waals surface area contributed by atoms with Crippen molar-refractivity contribution in [2.24, 2.45) is 0 Å². The molecular formula is C14H12N2O6. The maximum atomic E-state index is 12.1. The minimum absolute atomic E-state index is 0.000338. The van der Waals surface area contributed by atoms with Crippen LogP contribution in [0.5, 0.6) is 5.75 Å². The molecule has 0 aromatic heterocycles. The molecule has 0 saturated heterocycles. The molecule has 0 bridgehead atoms. The highest BCUT2D eigenvalue weighted by molar-refractivity contribution is 6.03. The number of nitriles is 1. The molecule has 0 aliphatic rings. The van der Waals surface area contributed by atoms with Crippen molar-refractivity contribution in [2.45, 2.75) is 0 Å². The third-order valence-corrected chi connectivity index (χ3v) is 2.49. The van der Waals surface area contributed by atoms with Crippen LogP contribution >= 0.6 is 0 Å². The number of carboxylic acid groups (broad SMARTS) is 2. The molecule has 0 atom stereocenters. The van der Waals surface area contributed by atoms with Gasteiger partial charge in [-0.15, -0.1) is 0 Å². The summed E-state index contributed by atoms with van der Waals surface area (Å²) in [5, 5.41) is 35.6. The van der Waals surface area contributed by atoms with Gasteiger partial charge >= 0.3 is 11.9 Å². The van der Waals surface area contributed by atoms with E-state index in [1.807, 2.05) is 0 Å². The number of amides is 1. The number of benzene rings is 1. The molecule has 0 aliphatic heterocycles. The van der Waals surface area contributed by atoms with Crippen LogP contribution in [0.1, 0.15) is 5.56 Å². The van der Waals surface area contributed by atoms with E-state index in [0.717, 1.165) is 0 Å². The Morgan fingerprint density at radius 1 is 1.09 bits per heavy atom. The summed E-state index contributed by atoms with van der Waals surface area (Å²) < 4.78 is 0. The maximum absolute atomic E-state index is 12.1. The molecule has 8 nitrogen and oxygen atoms in total. The molecule has 0 saturated carbocycles. The highest BCUT2D eigenvalue weighted by atomic mass is 16.4. The summed E-state index contributed by atoms with van der Waals surface area (Å²) in [7, 11) is 0. The van der Waals surface area contributed by atoms with Gasteiger partial charge in [0.1, 0.15) is 30.5 Å². The molecule has 0 radical (unpaired) electrons. The summed E-state index contributed by atoms with van der Waals surface area (Å²) in [4.78, 5) is 34.0. The summed E-state index contributed by atoms with van der Waals surface area (Å²) in [5.74, 6) is -3.78. The molecule has 0 heterocycles. The molecule has 0 unspecified atom stereocenters. The van der Waals surface area contributed by atoms with Crippen molar-refractivity contribution in [1.82, 2.24) is 4.90 Å². The number of phenols is 1. The van der Waals surface area contributed by atoms with Gasteiger partial charge in [-0.25, -0.2) is 0 Å². The molecule has 22 heavy (non-hydrogen) atoms. The zero-order valence-corrected chi connectivity index (χ0v) is 11.3. The van der Waals surface area contributed by atoms with Crippen LogP contribution in [0.15, 0.2) is 29.8 Å². The van der Waals surface area contributed by atoms with Crippen molar-refractivity contribution in [3.05, 3.63) is 35.4 Å². The number of rotatable bonds is 6. The minimum Gasteiger partial charge on any atom is -0.508 e. The van der Waals surface area contributed by atoms with Gasteiger partial charge < -0.3 is 20.2 Å². The number of carbonyl (C=O) groups excluding carboxylic acids is 1. The summed E-state index contributed by atoms with van der Waals surface area (Å²) in [5.41, 5.74) is 0.0153. The predicted octanol–water partition coefficient (Wildman–Crippen LogP) is 0.297. The molecule has 0 aliphatic carbocycles.